The molecular formula is C23H29N3O2. The van der Waals surface area contributed by atoms with Gasteiger partial charge in [-0.1, -0.05) is 37.3 Å². The van der Waals surface area contributed by atoms with E-state index in [0.717, 1.165) is 45.6 Å². The van der Waals surface area contributed by atoms with Gasteiger partial charge in [0.25, 0.3) is 5.91 Å². The zero-order valence-electron chi connectivity index (χ0n) is 16.6. The van der Waals surface area contributed by atoms with E-state index in [1.54, 1.807) is 12.3 Å². The summed E-state index contributed by atoms with van der Waals surface area (Å²) < 4.78 is 0. The average molecular weight is 380 g/mol. The molecule has 0 aliphatic carbocycles. The van der Waals surface area contributed by atoms with Crippen LogP contribution in [0.4, 0.5) is 0 Å². The molecule has 0 saturated carbocycles. The fourth-order valence-electron chi connectivity index (χ4n) is 4.95. The molecule has 0 radical (unpaired) electrons. The van der Waals surface area contributed by atoms with E-state index in [4.69, 9.17) is 0 Å². The first-order chi connectivity index (χ1) is 13.6. The van der Waals surface area contributed by atoms with Crippen molar-refractivity contribution in [3.8, 4) is 5.75 Å². The van der Waals surface area contributed by atoms with Crippen LogP contribution in [0.5, 0.6) is 5.75 Å². The number of nitrogens with zero attached hydrogens (tertiary/aromatic N) is 3. The quantitative estimate of drug-likeness (QED) is 0.887. The molecule has 2 saturated heterocycles. The van der Waals surface area contributed by atoms with E-state index in [-0.39, 0.29) is 22.8 Å². The lowest BCUT2D eigenvalue weighted by molar-refractivity contribution is 0.0155. The van der Waals surface area contributed by atoms with Crippen molar-refractivity contribution in [2.24, 2.45) is 5.41 Å². The molecule has 1 spiro atoms. The van der Waals surface area contributed by atoms with Crippen LogP contribution in [0.25, 0.3) is 0 Å². The molecule has 1 amide bonds. The molecule has 2 aromatic rings. The molecule has 1 aromatic heterocycles. The van der Waals surface area contributed by atoms with Crippen molar-refractivity contribution < 1.29 is 9.90 Å². The molecule has 5 nitrogen and oxygen atoms in total. The average Bonchev–Trinajstić information content (AvgIpc) is 2.74. The van der Waals surface area contributed by atoms with E-state index in [0.29, 0.717) is 5.92 Å². The first-order valence-corrected chi connectivity index (χ1v) is 10.3. The van der Waals surface area contributed by atoms with Gasteiger partial charge in [-0.3, -0.25) is 4.79 Å². The number of carbonyl (C=O) groups is 1. The number of likely N-dealkylation sites (N-methyl/N-ethyl adjacent to an activating group) is 1. The Morgan fingerprint density at radius 2 is 1.93 bits per heavy atom. The summed E-state index contributed by atoms with van der Waals surface area (Å²) in [7, 11) is 0. The zero-order valence-corrected chi connectivity index (χ0v) is 16.6. The van der Waals surface area contributed by atoms with Crippen molar-refractivity contribution in [1.82, 2.24) is 14.8 Å². The minimum Gasteiger partial charge on any atom is -0.505 e. The number of aromatic nitrogens is 1. The van der Waals surface area contributed by atoms with Crippen LogP contribution in [0.15, 0.2) is 48.7 Å². The van der Waals surface area contributed by atoms with Crippen molar-refractivity contribution in [3.63, 3.8) is 0 Å². The molecule has 2 fully saturated rings. The normalized spacial score (nSPS) is 22.3. The number of hydrogen-bond acceptors (Lipinski definition) is 4. The molecular weight excluding hydrogens is 350 g/mol. The highest BCUT2D eigenvalue weighted by Gasteiger charge is 2.42. The Balaban J connectivity index is 1.47. The smallest absolute Gasteiger partial charge is 0.276 e. The summed E-state index contributed by atoms with van der Waals surface area (Å²) in [6.07, 6.45) is 4.76. The number of benzene rings is 1. The fourth-order valence-corrected chi connectivity index (χ4v) is 4.95. The van der Waals surface area contributed by atoms with E-state index < -0.39 is 0 Å². The SMILES string of the molecule is CCN1C[C@H](c2ccccc2)CC2(CCN(C(=O)c3ncccc3O)CC2)C1. The number of piperidine rings is 2. The Labute approximate surface area is 167 Å². The molecule has 4 rings (SSSR count). The van der Waals surface area contributed by atoms with E-state index in [9.17, 15) is 9.90 Å². The molecule has 1 atom stereocenters. The highest BCUT2D eigenvalue weighted by Crippen LogP contribution is 2.45. The lowest BCUT2D eigenvalue weighted by atomic mass is 9.68. The van der Waals surface area contributed by atoms with Gasteiger partial charge in [0.1, 0.15) is 5.75 Å². The van der Waals surface area contributed by atoms with E-state index in [1.165, 1.54) is 18.1 Å². The van der Waals surface area contributed by atoms with E-state index in [1.807, 2.05) is 4.90 Å². The van der Waals surface area contributed by atoms with E-state index in [2.05, 4.69) is 47.1 Å². The topological polar surface area (TPSA) is 56.7 Å². The third-order valence-corrected chi connectivity index (χ3v) is 6.54. The van der Waals surface area contributed by atoms with Crippen LogP contribution in [0.2, 0.25) is 0 Å². The van der Waals surface area contributed by atoms with Gasteiger partial charge in [0.05, 0.1) is 0 Å². The molecule has 5 heteroatoms. The molecule has 0 unspecified atom stereocenters. The second-order valence-corrected chi connectivity index (χ2v) is 8.30. The zero-order chi connectivity index (χ0) is 19.6. The largest absolute Gasteiger partial charge is 0.505 e. The molecule has 2 aliphatic rings. The number of carbonyl (C=O) groups excluding carboxylic acids is 1. The molecule has 28 heavy (non-hydrogen) atoms. The summed E-state index contributed by atoms with van der Waals surface area (Å²) in [6, 6.07) is 14.0. The Kier molecular flexibility index (Phi) is 5.36. The van der Waals surface area contributed by atoms with Gasteiger partial charge >= 0.3 is 0 Å². The van der Waals surface area contributed by atoms with Crippen molar-refractivity contribution >= 4 is 5.91 Å². The number of amides is 1. The van der Waals surface area contributed by atoms with Gasteiger partial charge in [0.15, 0.2) is 5.69 Å². The van der Waals surface area contributed by atoms with Crippen LogP contribution in [-0.2, 0) is 0 Å². The highest BCUT2D eigenvalue weighted by atomic mass is 16.3. The molecule has 3 heterocycles. The third-order valence-electron chi connectivity index (χ3n) is 6.54. The summed E-state index contributed by atoms with van der Waals surface area (Å²) in [5, 5.41) is 9.96. The summed E-state index contributed by atoms with van der Waals surface area (Å²) >= 11 is 0. The van der Waals surface area contributed by atoms with Crippen LogP contribution in [0.1, 0.15) is 48.2 Å². The van der Waals surface area contributed by atoms with Gasteiger partial charge in [-0.25, -0.2) is 4.98 Å². The Morgan fingerprint density at radius 1 is 1.18 bits per heavy atom. The fraction of sp³-hybridized carbons (Fsp3) is 0.478. The Morgan fingerprint density at radius 3 is 2.61 bits per heavy atom. The second kappa shape index (κ2) is 7.92. The predicted octanol–water partition coefficient (Wildman–Crippen LogP) is 3.52. The summed E-state index contributed by atoms with van der Waals surface area (Å²) in [4.78, 5) is 21.3. The van der Waals surface area contributed by atoms with Crippen molar-refractivity contribution in [2.75, 3.05) is 32.7 Å². The maximum absolute atomic E-state index is 12.8. The summed E-state index contributed by atoms with van der Waals surface area (Å²) in [5.41, 5.74) is 1.86. The van der Waals surface area contributed by atoms with Gasteiger partial charge in [-0.2, -0.15) is 0 Å². The van der Waals surface area contributed by atoms with Gasteiger partial charge in [0, 0.05) is 32.4 Å². The van der Waals surface area contributed by atoms with Gasteiger partial charge in [0.2, 0.25) is 0 Å². The van der Waals surface area contributed by atoms with Crippen LogP contribution in [-0.4, -0.2) is 58.5 Å². The number of likely N-dealkylation sites (tertiary alicyclic amines) is 2. The molecule has 1 aromatic carbocycles. The number of hydrogen-bond donors (Lipinski definition) is 1. The lowest BCUT2D eigenvalue weighted by Crippen LogP contribution is -2.52. The van der Waals surface area contributed by atoms with Crippen LogP contribution in [0, 0.1) is 5.41 Å². The van der Waals surface area contributed by atoms with Crippen molar-refractivity contribution in [3.05, 3.63) is 59.9 Å². The lowest BCUT2D eigenvalue weighted by Gasteiger charge is -2.50. The molecule has 0 bridgehead atoms. The second-order valence-electron chi connectivity index (χ2n) is 8.30. The molecule has 1 N–H and O–H groups in total. The standard InChI is InChI=1S/C23H29N3O2/c1-2-25-16-19(18-7-4-3-5-8-18)15-23(17-25)10-13-26(14-11-23)22(28)21-20(27)9-6-12-24-21/h3-9,12,19,27H,2,10-11,13-17H2,1H3/t19-/m1/s1. The maximum atomic E-state index is 12.8. The predicted molar refractivity (Wildman–Crippen MR) is 109 cm³/mol. The minimum atomic E-state index is -0.157. The summed E-state index contributed by atoms with van der Waals surface area (Å²) in [6.45, 7) is 7.00. The van der Waals surface area contributed by atoms with Crippen LogP contribution in [0.3, 0.4) is 0 Å². The van der Waals surface area contributed by atoms with Crippen molar-refractivity contribution in [2.45, 2.75) is 32.1 Å². The van der Waals surface area contributed by atoms with Crippen molar-refractivity contribution in [1.29, 1.82) is 0 Å². The number of pyridine rings is 1. The number of aromatic hydroxyl groups is 1. The summed E-state index contributed by atoms with van der Waals surface area (Å²) in [5.74, 6) is 0.361. The molecule has 2 aliphatic heterocycles. The minimum absolute atomic E-state index is 0.0354. The first-order valence-electron chi connectivity index (χ1n) is 10.3. The maximum Gasteiger partial charge on any atom is 0.276 e. The van der Waals surface area contributed by atoms with Crippen LogP contribution < -0.4 is 0 Å². The highest BCUT2D eigenvalue weighted by molar-refractivity contribution is 5.94. The van der Waals surface area contributed by atoms with Gasteiger partial charge in [-0.15, -0.1) is 0 Å². The van der Waals surface area contributed by atoms with Gasteiger partial charge < -0.3 is 14.9 Å². The number of rotatable bonds is 3. The first kappa shape index (κ1) is 18.9. The third kappa shape index (κ3) is 3.76. The van der Waals surface area contributed by atoms with Crippen LogP contribution >= 0.6 is 0 Å². The molecule has 148 valence electrons. The Hall–Kier alpha value is -2.40. The van der Waals surface area contributed by atoms with Gasteiger partial charge in [-0.05, 0) is 54.8 Å². The monoisotopic (exact) mass is 379 g/mol. The van der Waals surface area contributed by atoms with E-state index >= 15 is 0 Å². The Bertz CT molecular complexity index is 816.